The van der Waals surface area contributed by atoms with Crippen LogP contribution in [0.4, 0.5) is 11.6 Å². The third kappa shape index (κ3) is 4.10. The molecule has 0 saturated heterocycles. The molecule has 2 N–H and O–H groups in total. The zero-order chi connectivity index (χ0) is 23.3. The van der Waals surface area contributed by atoms with Gasteiger partial charge in [0.1, 0.15) is 17.1 Å². The van der Waals surface area contributed by atoms with Crippen LogP contribution in [0.15, 0.2) is 112 Å². The van der Waals surface area contributed by atoms with Gasteiger partial charge in [-0.05, 0) is 23.8 Å². The molecule has 3 aromatic heterocycles. The normalized spacial score (nSPS) is 11.1. The van der Waals surface area contributed by atoms with E-state index in [0.29, 0.717) is 22.8 Å². The summed E-state index contributed by atoms with van der Waals surface area (Å²) >= 11 is 0. The monoisotopic (exact) mass is 448 g/mol. The Hall–Kier alpha value is -4.91. The molecular weight excluding hydrogens is 428 g/mol. The van der Waals surface area contributed by atoms with Crippen molar-refractivity contribution in [2.24, 2.45) is 4.99 Å². The SMILES string of the molecule is C=COc1ccccc1-c1ccccc1/C=N/c1nc(-c2ccoc2)c(N)c(-c2ccoc2)n1. The Kier molecular flexibility index (Phi) is 5.73. The Morgan fingerprint density at radius 2 is 1.44 bits per heavy atom. The van der Waals surface area contributed by atoms with Crippen molar-refractivity contribution in [3.63, 3.8) is 0 Å². The maximum atomic E-state index is 6.40. The number of furan rings is 2. The third-order valence-electron chi connectivity index (χ3n) is 5.19. The first-order chi connectivity index (χ1) is 16.7. The number of para-hydroxylation sites is 1. The van der Waals surface area contributed by atoms with Crippen molar-refractivity contribution >= 4 is 17.9 Å². The summed E-state index contributed by atoms with van der Waals surface area (Å²) in [4.78, 5) is 13.8. The van der Waals surface area contributed by atoms with Gasteiger partial charge in [-0.25, -0.2) is 15.0 Å². The molecule has 2 aromatic carbocycles. The van der Waals surface area contributed by atoms with E-state index in [1.807, 2.05) is 48.5 Å². The number of nitrogens with two attached hydrogens (primary N) is 1. The van der Waals surface area contributed by atoms with E-state index < -0.39 is 0 Å². The fourth-order valence-electron chi connectivity index (χ4n) is 3.62. The molecule has 5 aromatic rings. The molecule has 0 radical (unpaired) electrons. The fraction of sp³-hybridized carbons (Fsp3) is 0. The van der Waals surface area contributed by atoms with Crippen molar-refractivity contribution in [3.05, 3.63) is 104 Å². The lowest BCUT2D eigenvalue weighted by Gasteiger charge is -2.11. The highest BCUT2D eigenvalue weighted by Crippen LogP contribution is 2.35. The molecule has 5 rings (SSSR count). The van der Waals surface area contributed by atoms with Gasteiger partial charge in [0.15, 0.2) is 0 Å². The zero-order valence-corrected chi connectivity index (χ0v) is 18.1. The Morgan fingerprint density at radius 3 is 2.06 bits per heavy atom. The minimum absolute atomic E-state index is 0.257. The first-order valence-corrected chi connectivity index (χ1v) is 10.5. The van der Waals surface area contributed by atoms with E-state index in [9.17, 15) is 0 Å². The van der Waals surface area contributed by atoms with Gasteiger partial charge >= 0.3 is 0 Å². The summed E-state index contributed by atoms with van der Waals surface area (Å²) in [5, 5.41) is 0. The van der Waals surface area contributed by atoms with Crippen molar-refractivity contribution in [2.45, 2.75) is 0 Å². The lowest BCUT2D eigenvalue weighted by molar-refractivity contribution is 0.485. The number of ether oxygens (including phenoxy) is 1. The van der Waals surface area contributed by atoms with Crippen LogP contribution >= 0.6 is 0 Å². The Labute approximate surface area is 195 Å². The maximum Gasteiger partial charge on any atom is 0.250 e. The first kappa shape index (κ1) is 21.0. The second kappa shape index (κ2) is 9.30. The van der Waals surface area contributed by atoms with Gasteiger partial charge in [-0.2, -0.15) is 0 Å². The minimum atomic E-state index is 0.257. The minimum Gasteiger partial charge on any atom is -0.472 e. The summed E-state index contributed by atoms with van der Waals surface area (Å²) in [6, 6.07) is 19.2. The summed E-state index contributed by atoms with van der Waals surface area (Å²) in [5.41, 5.74) is 12.1. The number of aliphatic imine (C=N–C) groups is 1. The van der Waals surface area contributed by atoms with Crippen LogP contribution in [0, 0.1) is 0 Å². The maximum absolute atomic E-state index is 6.40. The summed E-state index contributed by atoms with van der Waals surface area (Å²) in [7, 11) is 0. The van der Waals surface area contributed by atoms with Gasteiger partial charge in [0.25, 0.3) is 5.95 Å². The van der Waals surface area contributed by atoms with Gasteiger partial charge in [0, 0.05) is 28.5 Å². The molecule has 166 valence electrons. The number of hydrogen-bond acceptors (Lipinski definition) is 7. The molecule has 0 atom stereocenters. The highest BCUT2D eigenvalue weighted by Gasteiger charge is 2.17. The number of nitrogen functional groups attached to an aromatic ring is 1. The third-order valence-corrected chi connectivity index (χ3v) is 5.19. The van der Waals surface area contributed by atoms with Crippen LogP contribution in [-0.2, 0) is 0 Å². The molecule has 0 aliphatic rings. The molecule has 0 saturated carbocycles. The van der Waals surface area contributed by atoms with Crippen LogP contribution in [0.3, 0.4) is 0 Å². The molecular formula is C27H20N4O3. The van der Waals surface area contributed by atoms with Crippen LogP contribution in [0.5, 0.6) is 5.75 Å². The summed E-state index contributed by atoms with van der Waals surface area (Å²) in [6.45, 7) is 3.67. The summed E-state index contributed by atoms with van der Waals surface area (Å²) < 4.78 is 16.1. The Bertz CT molecular complexity index is 1400. The Balaban J connectivity index is 1.60. The predicted molar refractivity (Wildman–Crippen MR) is 132 cm³/mol. The molecule has 0 fully saturated rings. The number of anilines is 1. The van der Waals surface area contributed by atoms with Gasteiger partial charge < -0.3 is 19.3 Å². The van der Waals surface area contributed by atoms with Crippen LogP contribution in [0.25, 0.3) is 33.6 Å². The lowest BCUT2D eigenvalue weighted by Crippen LogP contribution is -2.00. The van der Waals surface area contributed by atoms with Crippen molar-refractivity contribution in [1.29, 1.82) is 0 Å². The van der Waals surface area contributed by atoms with Gasteiger partial charge in [-0.1, -0.05) is 49.0 Å². The van der Waals surface area contributed by atoms with Crippen LogP contribution in [0.1, 0.15) is 5.56 Å². The number of aromatic nitrogens is 2. The standard InChI is InChI=1S/C27H20N4O3/c1-2-34-23-10-6-5-9-22(23)21-8-4-3-7-18(21)15-29-27-30-25(19-11-13-32-16-19)24(28)26(31-27)20-12-14-33-17-20/h2-17H,1,28H2/b29-15+. The van der Waals surface area contributed by atoms with Crippen molar-refractivity contribution < 1.29 is 13.6 Å². The smallest absolute Gasteiger partial charge is 0.250 e. The molecule has 7 nitrogen and oxygen atoms in total. The lowest BCUT2D eigenvalue weighted by atomic mass is 9.99. The highest BCUT2D eigenvalue weighted by molar-refractivity contribution is 5.93. The van der Waals surface area contributed by atoms with Gasteiger partial charge in [-0.3, -0.25) is 0 Å². The molecule has 34 heavy (non-hydrogen) atoms. The van der Waals surface area contributed by atoms with E-state index in [0.717, 1.165) is 27.8 Å². The summed E-state index contributed by atoms with van der Waals surface area (Å²) in [5.74, 6) is 0.957. The average molecular weight is 448 g/mol. The zero-order valence-electron chi connectivity index (χ0n) is 18.1. The quantitative estimate of drug-likeness (QED) is 0.225. The number of hydrogen-bond donors (Lipinski definition) is 1. The number of nitrogens with zero attached hydrogens (tertiary/aromatic N) is 3. The second-order valence-electron chi connectivity index (χ2n) is 7.28. The van der Waals surface area contributed by atoms with Crippen LogP contribution in [-0.4, -0.2) is 16.2 Å². The fourth-order valence-corrected chi connectivity index (χ4v) is 3.62. The first-order valence-electron chi connectivity index (χ1n) is 10.5. The molecule has 0 aliphatic heterocycles. The molecule has 0 spiro atoms. The molecule has 0 unspecified atom stereocenters. The number of benzene rings is 2. The molecule has 0 bridgehead atoms. The van der Waals surface area contributed by atoms with Gasteiger partial charge in [-0.15, -0.1) is 0 Å². The largest absolute Gasteiger partial charge is 0.472 e. The highest BCUT2D eigenvalue weighted by atomic mass is 16.5. The Morgan fingerprint density at radius 1 is 0.824 bits per heavy atom. The van der Waals surface area contributed by atoms with Gasteiger partial charge in [0.2, 0.25) is 0 Å². The number of rotatable bonds is 7. The average Bonchev–Trinajstić information content (AvgIpc) is 3.59. The van der Waals surface area contributed by atoms with Crippen LogP contribution in [0.2, 0.25) is 0 Å². The van der Waals surface area contributed by atoms with Gasteiger partial charge in [0.05, 0.1) is 37.0 Å². The second-order valence-corrected chi connectivity index (χ2v) is 7.28. The van der Waals surface area contributed by atoms with E-state index in [1.165, 1.54) is 6.26 Å². The summed E-state index contributed by atoms with van der Waals surface area (Å²) in [6.07, 6.45) is 9.43. The van der Waals surface area contributed by atoms with E-state index in [1.54, 1.807) is 43.4 Å². The van der Waals surface area contributed by atoms with E-state index in [4.69, 9.17) is 19.3 Å². The predicted octanol–water partition coefficient (Wildman–Crippen LogP) is 6.52. The molecule has 0 amide bonds. The molecule has 7 heteroatoms. The van der Waals surface area contributed by atoms with Crippen molar-refractivity contribution in [2.75, 3.05) is 5.73 Å². The van der Waals surface area contributed by atoms with E-state index in [2.05, 4.69) is 21.5 Å². The van der Waals surface area contributed by atoms with Crippen LogP contribution < -0.4 is 10.5 Å². The topological polar surface area (TPSA) is 99.7 Å². The van der Waals surface area contributed by atoms with E-state index >= 15 is 0 Å². The molecule has 0 aliphatic carbocycles. The van der Waals surface area contributed by atoms with E-state index in [-0.39, 0.29) is 5.95 Å². The van der Waals surface area contributed by atoms with Crippen molar-refractivity contribution in [3.8, 4) is 39.4 Å². The van der Waals surface area contributed by atoms with Crippen molar-refractivity contribution in [1.82, 2.24) is 9.97 Å². The molecule has 3 heterocycles.